The number of rotatable bonds is 5. The molecular weight excluding hydrogens is 362 g/mol. The van der Waals surface area contributed by atoms with Gasteiger partial charge in [0.2, 0.25) is 0 Å². The molecule has 3 amide bonds. The summed E-state index contributed by atoms with van der Waals surface area (Å²) >= 11 is 0. The van der Waals surface area contributed by atoms with Crippen LogP contribution in [-0.4, -0.2) is 71.2 Å². The number of hydrogen-bond donors (Lipinski definition) is 2. The standard InChI is InChI=1S/C20H29N3O5/c1-14(2)11-20(12-22(19(21)26)8-9-28-20)18(25)23-13-27-17(24)16(23)10-15-6-4-3-5-7-15/h3-7,14,16-17,24H,8-13H2,1-2H3,(H2,21,26). The molecule has 3 atom stereocenters. The number of nitrogens with two attached hydrogens (primary N) is 1. The Labute approximate surface area is 165 Å². The minimum absolute atomic E-state index is 0.0166. The van der Waals surface area contributed by atoms with Crippen LogP contribution in [0.25, 0.3) is 0 Å². The highest BCUT2D eigenvalue weighted by Gasteiger charge is 2.51. The average Bonchev–Trinajstić information content (AvgIpc) is 3.02. The van der Waals surface area contributed by atoms with Crippen LogP contribution in [0.4, 0.5) is 4.79 Å². The summed E-state index contributed by atoms with van der Waals surface area (Å²) in [6, 6.07) is 8.55. The molecule has 28 heavy (non-hydrogen) atoms. The second-order valence-corrected chi connectivity index (χ2v) is 7.92. The summed E-state index contributed by atoms with van der Waals surface area (Å²) in [7, 11) is 0. The minimum atomic E-state index is -1.19. The maximum absolute atomic E-state index is 13.6. The van der Waals surface area contributed by atoms with Crippen molar-refractivity contribution in [2.45, 2.75) is 44.6 Å². The molecule has 1 aromatic carbocycles. The summed E-state index contributed by atoms with van der Waals surface area (Å²) in [6.45, 7) is 4.68. The van der Waals surface area contributed by atoms with Gasteiger partial charge in [-0.25, -0.2) is 4.79 Å². The molecule has 2 aliphatic heterocycles. The first-order chi connectivity index (χ1) is 13.3. The molecule has 2 saturated heterocycles. The monoisotopic (exact) mass is 391 g/mol. The maximum Gasteiger partial charge on any atom is 0.314 e. The van der Waals surface area contributed by atoms with E-state index in [9.17, 15) is 14.7 Å². The Morgan fingerprint density at radius 3 is 2.68 bits per heavy atom. The zero-order valence-electron chi connectivity index (χ0n) is 16.4. The number of aliphatic hydroxyl groups is 1. The molecule has 154 valence electrons. The van der Waals surface area contributed by atoms with Crippen molar-refractivity contribution in [2.24, 2.45) is 11.7 Å². The van der Waals surface area contributed by atoms with Gasteiger partial charge in [0, 0.05) is 6.54 Å². The zero-order chi connectivity index (χ0) is 20.3. The Morgan fingerprint density at radius 2 is 2.04 bits per heavy atom. The molecule has 0 aromatic heterocycles. The molecule has 8 heteroatoms. The molecule has 2 heterocycles. The number of ether oxygens (including phenoxy) is 2. The van der Waals surface area contributed by atoms with E-state index < -0.39 is 24.0 Å². The summed E-state index contributed by atoms with van der Waals surface area (Å²) in [5.74, 6) is -0.109. The molecule has 2 aliphatic rings. The number of urea groups is 1. The van der Waals surface area contributed by atoms with E-state index in [-0.39, 0.29) is 31.7 Å². The van der Waals surface area contributed by atoms with Crippen LogP contribution in [-0.2, 0) is 20.7 Å². The first-order valence-electron chi connectivity index (χ1n) is 9.65. The number of aliphatic hydroxyl groups excluding tert-OH is 1. The molecule has 0 spiro atoms. The number of nitrogens with zero attached hydrogens (tertiary/aromatic N) is 2. The van der Waals surface area contributed by atoms with E-state index in [2.05, 4.69) is 0 Å². The largest absolute Gasteiger partial charge is 0.366 e. The molecular formula is C20H29N3O5. The SMILES string of the molecule is CC(C)CC1(C(=O)N2COC(O)C2Cc2ccccc2)CN(C(N)=O)CCO1. The minimum Gasteiger partial charge on any atom is -0.366 e. The maximum atomic E-state index is 13.6. The number of hydrogen-bond acceptors (Lipinski definition) is 5. The average molecular weight is 391 g/mol. The highest BCUT2D eigenvalue weighted by Crippen LogP contribution is 2.32. The van der Waals surface area contributed by atoms with Crippen LogP contribution in [0.2, 0.25) is 0 Å². The predicted molar refractivity (Wildman–Crippen MR) is 102 cm³/mol. The summed E-state index contributed by atoms with van der Waals surface area (Å²) in [5.41, 5.74) is 5.27. The molecule has 3 rings (SSSR count). The number of amides is 3. The van der Waals surface area contributed by atoms with Crippen molar-refractivity contribution in [3.05, 3.63) is 35.9 Å². The lowest BCUT2D eigenvalue weighted by molar-refractivity contribution is -0.173. The van der Waals surface area contributed by atoms with E-state index in [1.807, 2.05) is 44.2 Å². The van der Waals surface area contributed by atoms with Crippen LogP contribution < -0.4 is 5.73 Å². The van der Waals surface area contributed by atoms with E-state index in [4.69, 9.17) is 15.2 Å². The number of carbonyl (C=O) groups is 2. The van der Waals surface area contributed by atoms with Crippen LogP contribution in [0.3, 0.4) is 0 Å². The van der Waals surface area contributed by atoms with Crippen LogP contribution in [0.1, 0.15) is 25.8 Å². The number of carbonyl (C=O) groups excluding carboxylic acids is 2. The summed E-state index contributed by atoms with van der Waals surface area (Å²) < 4.78 is 11.4. The summed E-state index contributed by atoms with van der Waals surface area (Å²) in [5, 5.41) is 10.3. The van der Waals surface area contributed by atoms with E-state index >= 15 is 0 Å². The number of benzene rings is 1. The second kappa shape index (κ2) is 8.46. The Balaban J connectivity index is 1.85. The van der Waals surface area contributed by atoms with Crippen molar-refractivity contribution in [2.75, 3.05) is 26.4 Å². The predicted octanol–water partition coefficient (Wildman–Crippen LogP) is 0.928. The van der Waals surface area contributed by atoms with Gasteiger partial charge >= 0.3 is 6.03 Å². The van der Waals surface area contributed by atoms with Gasteiger partial charge in [-0.3, -0.25) is 4.79 Å². The molecule has 0 saturated carbocycles. The lowest BCUT2D eigenvalue weighted by atomic mass is 9.88. The van der Waals surface area contributed by atoms with Crippen LogP contribution in [0.5, 0.6) is 0 Å². The number of morpholine rings is 1. The molecule has 0 bridgehead atoms. The van der Waals surface area contributed by atoms with Gasteiger partial charge in [0.1, 0.15) is 6.73 Å². The lowest BCUT2D eigenvalue weighted by Gasteiger charge is -2.44. The van der Waals surface area contributed by atoms with Gasteiger partial charge in [-0.15, -0.1) is 0 Å². The fourth-order valence-corrected chi connectivity index (χ4v) is 4.03. The zero-order valence-corrected chi connectivity index (χ0v) is 16.4. The highest BCUT2D eigenvalue weighted by molar-refractivity contribution is 5.87. The van der Waals surface area contributed by atoms with Crippen LogP contribution in [0.15, 0.2) is 30.3 Å². The molecule has 8 nitrogen and oxygen atoms in total. The lowest BCUT2D eigenvalue weighted by Crippen LogP contribution is -2.63. The van der Waals surface area contributed by atoms with Crippen molar-refractivity contribution in [3.63, 3.8) is 0 Å². The quantitative estimate of drug-likeness (QED) is 0.777. The summed E-state index contributed by atoms with van der Waals surface area (Å²) in [6.07, 6.45) is -0.165. The van der Waals surface area contributed by atoms with Crippen molar-refractivity contribution in [1.82, 2.24) is 9.80 Å². The number of primary amides is 1. The van der Waals surface area contributed by atoms with Gasteiger partial charge in [0.25, 0.3) is 5.91 Å². The van der Waals surface area contributed by atoms with Gasteiger partial charge in [-0.2, -0.15) is 0 Å². The van der Waals surface area contributed by atoms with E-state index in [0.717, 1.165) is 5.56 Å². The molecule has 3 N–H and O–H groups in total. The smallest absolute Gasteiger partial charge is 0.314 e. The molecule has 0 aliphatic carbocycles. The van der Waals surface area contributed by atoms with Gasteiger partial charge < -0.3 is 30.1 Å². The van der Waals surface area contributed by atoms with Crippen molar-refractivity contribution in [1.29, 1.82) is 0 Å². The molecule has 2 fully saturated rings. The molecule has 1 aromatic rings. The topological polar surface area (TPSA) is 105 Å². The fraction of sp³-hybridized carbons (Fsp3) is 0.600. The van der Waals surface area contributed by atoms with Gasteiger partial charge in [-0.1, -0.05) is 44.2 Å². The third kappa shape index (κ3) is 4.29. The van der Waals surface area contributed by atoms with E-state index in [1.165, 1.54) is 9.80 Å². The van der Waals surface area contributed by atoms with Crippen LogP contribution >= 0.6 is 0 Å². The Kier molecular flexibility index (Phi) is 6.22. The summed E-state index contributed by atoms with van der Waals surface area (Å²) in [4.78, 5) is 28.3. The molecule has 3 unspecified atom stereocenters. The molecule has 0 radical (unpaired) electrons. The van der Waals surface area contributed by atoms with Crippen molar-refractivity contribution in [3.8, 4) is 0 Å². The van der Waals surface area contributed by atoms with Gasteiger partial charge in [0.15, 0.2) is 11.9 Å². The normalized spacial score (nSPS) is 28.0. The third-order valence-corrected chi connectivity index (χ3v) is 5.29. The Morgan fingerprint density at radius 1 is 1.32 bits per heavy atom. The second-order valence-electron chi connectivity index (χ2n) is 7.92. The van der Waals surface area contributed by atoms with Gasteiger partial charge in [-0.05, 0) is 24.3 Å². The van der Waals surface area contributed by atoms with Crippen molar-refractivity contribution < 1.29 is 24.2 Å². The van der Waals surface area contributed by atoms with Crippen molar-refractivity contribution >= 4 is 11.9 Å². The third-order valence-electron chi connectivity index (χ3n) is 5.29. The Bertz CT molecular complexity index is 698. The Hall–Kier alpha value is -2.16. The van der Waals surface area contributed by atoms with E-state index in [1.54, 1.807) is 0 Å². The van der Waals surface area contributed by atoms with Gasteiger partial charge in [0.05, 0.1) is 19.2 Å². The fourth-order valence-electron chi connectivity index (χ4n) is 4.03. The van der Waals surface area contributed by atoms with Crippen LogP contribution in [0, 0.1) is 5.92 Å². The first kappa shape index (κ1) is 20.6. The van der Waals surface area contributed by atoms with E-state index in [0.29, 0.717) is 19.4 Å². The first-order valence-corrected chi connectivity index (χ1v) is 9.65. The highest BCUT2D eigenvalue weighted by atomic mass is 16.6.